The molecular formula is C11H28N2O3. The molecule has 0 rings (SSSR count). The standard InChI is InChI=1S/C9H18N2O3.C2H6.2H2/c1-7(12)10-5-6-11-8(13)14-9(2,3)4;1-2;;/h5-6H2,1-4H3,(H,10,12)(H,11,13);1-2H3;2*1H. The molecule has 0 bridgehead atoms. The summed E-state index contributed by atoms with van der Waals surface area (Å²) in [6.45, 7) is 11.6. The maximum atomic E-state index is 11.1. The van der Waals surface area contributed by atoms with E-state index in [9.17, 15) is 9.59 Å². The van der Waals surface area contributed by atoms with Gasteiger partial charge in [-0.2, -0.15) is 0 Å². The van der Waals surface area contributed by atoms with Crippen molar-refractivity contribution in [3.05, 3.63) is 0 Å². The molecule has 0 unspecified atom stereocenters. The van der Waals surface area contributed by atoms with Gasteiger partial charge in [0.05, 0.1) is 0 Å². The molecule has 0 aromatic rings. The Kier molecular flexibility index (Phi) is 9.65. The van der Waals surface area contributed by atoms with E-state index in [0.29, 0.717) is 13.1 Å². The molecular weight excluding hydrogens is 208 g/mol. The van der Waals surface area contributed by atoms with E-state index in [1.54, 1.807) is 20.8 Å². The highest BCUT2D eigenvalue weighted by Crippen LogP contribution is 2.05. The van der Waals surface area contributed by atoms with Crippen LogP contribution < -0.4 is 10.6 Å². The van der Waals surface area contributed by atoms with Crippen molar-refractivity contribution >= 4 is 12.0 Å². The monoisotopic (exact) mass is 236 g/mol. The van der Waals surface area contributed by atoms with Crippen molar-refractivity contribution in [1.82, 2.24) is 10.6 Å². The van der Waals surface area contributed by atoms with E-state index in [4.69, 9.17) is 4.74 Å². The number of nitrogens with one attached hydrogen (secondary N) is 2. The van der Waals surface area contributed by atoms with Gasteiger partial charge in [-0.25, -0.2) is 4.79 Å². The number of alkyl carbamates (subject to hydrolysis) is 1. The van der Waals surface area contributed by atoms with E-state index in [1.165, 1.54) is 6.92 Å². The van der Waals surface area contributed by atoms with Crippen LogP contribution in [0.5, 0.6) is 0 Å². The first-order valence-electron chi connectivity index (χ1n) is 5.52. The minimum atomic E-state index is -0.488. The maximum Gasteiger partial charge on any atom is 0.407 e. The first-order chi connectivity index (χ1) is 7.31. The molecule has 0 atom stereocenters. The van der Waals surface area contributed by atoms with Gasteiger partial charge in [-0.1, -0.05) is 13.8 Å². The number of ether oxygens (including phenoxy) is 1. The quantitative estimate of drug-likeness (QED) is 0.738. The summed E-state index contributed by atoms with van der Waals surface area (Å²) in [6, 6.07) is 0. The van der Waals surface area contributed by atoms with Crippen LogP contribution in [0.4, 0.5) is 4.79 Å². The van der Waals surface area contributed by atoms with Gasteiger partial charge in [0.1, 0.15) is 5.60 Å². The van der Waals surface area contributed by atoms with Crippen molar-refractivity contribution in [3.63, 3.8) is 0 Å². The van der Waals surface area contributed by atoms with Crippen LogP contribution in [0.15, 0.2) is 0 Å². The Balaban J connectivity index is -0.000000232. The van der Waals surface area contributed by atoms with Gasteiger partial charge < -0.3 is 15.4 Å². The van der Waals surface area contributed by atoms with E-state index >= 15 is 0 Å². The molecule has 0 aliphatic rings. The van der Waals surface area contributed by atoms with Gasteiger partial charge >= 0.3 is 6.09 Å². The normalized spacial score (nSPS) is 9.62. The highest BCUT2D eigenvalue weighted by atomic mass is 16.6. The molecule has 100 valence electrons. The van der Waals surface area contributed by atoms with Gasteiger partial charge in [-0.3, -0.25) is 4.79 Å². The first-order valence-corrected chi connectivity index (χ1v) is 5.52. The highest BCUT2D eigenvalue weighted by molar-refractivity contribution is 5.73. The van der Waals surface area contributed by atoms with E-state index in [1.807, 2.05) is 13.8 Å². The second-order valence-electron chi connectivity index (χ2n) is 3.91. The van der Waals surface area contributed by atoms with Crippen molar-refractivity contribution < 1.29 is 17.2 Å². The van der Waals surface area contributed by atoms with Crippen LogP contribution in [0.25, 0.3) is 0 Å². The summed E-state index contributed by atoms with van der Waals surface area (Å²) >= 11 is 0. The summed E-state index contributed by atoms with van der Waals surface area (Å²) in [7, 11) is 0. The Morgan fingerprint density at radius 3 is 1.94 bits per heavy atom. The van der Waals surface area contributed by atoms with Crippen LogP contribution in [-0.2, 0) is 9.53 Å². The Morgan fingerprint density at radius 2 is 1.56 bits per heavy atom. The largest absolute Gasteiger partial charge is 0.444 e. The lowest BCUT2D eigenvalue weighted by atomic mass is 10.2. The molecule has 5 heteroatoms. The summed E-state index contributed by atoms with van der Waals surface area (Å²) in [5.74, 6) is -0.115. The predicted octanol–water partition coefficient (Wildman–Crippen LogP) is 2.17. The fraction of sp³-hybridized carbons (Fsp3) is 0.818. The molecule has 0 aromatic heterocycles. The zero-order chi connectivity index (χ0) is 13.2. The van der Waals surface area contributed by atoms with Crippen LogP contribution in [0, 0.1) is 0 Å². The van der Waals surface area contributed by atoms with Crippen molar-refractivity contribution in [2.75, 3.05) is 13.1 Å². The van der Waals surface area contributed by atoms with Gasteiger partial charge in [-0.15, -0.1) is 0 Å². The van der Waals surface area contributed by atoms with E-state index in [-0.39, 0.29) is 8.76 Å². The highest BCUT2D eigenvalue weighted by Gasteiger charge is 2.15. The number of rotatable bonds is 3. The topological polar surface area (TPSA) is 67.4 Å². The van der Waals surface area contributed by atoms with E-state index in [2.05, 4.69) is 10.6 Å². The Morgan fingerprint density at radius 1 is 1.12 bits per heavy atom. The molecule has 0 radical (unpaired) electrons. The van der Waals surface area contributed by atoms with Gasteiger partial charge in [0, 0.05) is 22.9 Å². The number of carbonyl (C=O) groups excluding carboxylic acids is 2. The molecule has 2 N–H and O–H groups in total. The van der Waals surface area contributed by atoms with Crippen LogP contribution in [-0.4, -0.2) is 30.7 Å². The lowest BCUT2D eigenvalue weighted by Gasteiger charge is -2.19. The van der Waals surface area contributed by atoms with Crippen molar-refractivity contribution in [1.29, 1.82) is 0 Å². The summed E-state index contributed by atoms with van der Waals surface area (Å²) in [5, 5.41) is 5.07. The van der Waals surface area contributed by atoms with Gasteiger partial charge in [0.25, 0.3) is 0 Å². The molecule has 0 heterocycles. The van der Waals surface area contributed by atoms with Crippen molar-refractivity contribution in [3.8, 4) is 0 Å². The maximum absolute atomic E-state index is 11.1. The Hall–Kier alpha value is -1.26. The van der Waals surface area contributed by atoms with Gasteiger partial charge in [0.15, 0.2) is 0 Å². The summed E-state index contributed by atoms with van der Waals surface area (Å²) < 4.78 is 4.98. The summed E-state index contributed by atoms with van der Waals surface area (Å²) in [4.78, 5) is 21.5. The molecule has 0 aromatic carbocycles. The zero-order valence-corrected chi connectivity index (χ0v) is 11.1. The lowest BCUT2D eigenvalue weighted by Crippen LogP contribution is -2.37. The SMILES string of the molecule is CC.CC(=O)NCCNC(=O)OC(C)(C)C.[HH].[HH]. The molecule has 0 aliphatic heterocycles. The van der Waals surface area contributed by atoms with E-state index < -0.39 is 11.7 Å². The molecule has 0 saturated heterocycles. The van der Waals surface area contributed by atoms with Gasteiger partial charge in [0.2, 0.25) is 5.91 Å². The number of carbonyl (C=O) groups is 2. The minimum Gasteiger partial charge on any atom is -0.444 e. The van der Waals surface area contributed by atoms with Crippen LogP contribution in [0.2, 0.25) is 0 Å². The van der Waals surface area contributed by atoms with Crippen molar-refractivity contribution in [2.24, 2.45) is 0 Å². The first kappa shape index (κ1) is 17.1. The van der Waals surface area contributed by atoms with Crippen LogP contribution in [0.1, 0.15) is 44.4 Å². The fourth-order valence-corrected chi connectivity index (χ4v) is 0.717. The third-order valence-electron chi connectivity index (χ3n) is 1.17. The van der Waals surface area contributed by atoms with Crippen LogP contribution in [0.3, 0.4) is 0 Å². The predicted molar refractivity (Wildman–Crippen MR) is 68.5 cm³/mol. The Labute approximate surface area is 101 Å². The second kappa shape index (κ2) is 9.00. The Bertz CT molecular complexity index is 219. The molecule has 2 amide bonds. The minimum absolute atomic E-state index is 0. The summed E-state index contributed by atoms with van der Waals surface area (Å²) in [6.07, 6.45) is -0.470. The summed E-state index contributed by atoms with van der Waals surface area (Å²) in [5.41, 5.74) is -0.488. The second-order valence-corrected chi connectivity index (χ2v) is 3.91. The van der Waals surface area contributed by atoms with E-state index in [0.717, 1.165) is 0 Å². The molecule has 0 fully saturated rings. The third-order valence-corrected chi connectivity index (χ3v) is 1.17. The smallest absolute Gasteiger partial charge is 0.407 e. The molecule has 0 spiro atoms. The number of hydrogen-bond donors (Lipinski definition) is 2. The third kappa shape index (κ3) is 15.2. The van der Waals surface area contributed by atoms with Gasteiger partial charge in [-0.05, 0) is 20.8 Å². The average molecular weight is 236 g/mol. The molecule has 0 saturated carbocycles. The number of hydrogen-bond acceptors (Lipinski definition) is 3. The fourth-order valence-electron chi connectivity index (χ4n) is 0.717. The van der Waals surface area contributed by atoms with Crippen molar-refractivity contribution in [2.45, 2.75) is 47.1 Å². The molecule has 5 nitrogen and oxygen atoms in total. The number of amides is 2. The lowest BCUT2D eigenvalue weighted by molar-refractivity contribution is -0.118. The molecule has 16 heavy (non-hydrogen) atoms. The zero-order valence-electron chi connectivity index (χ0n) is 11.1. The molecule has 0 aliphatic carbocycles. The average Bonchev–Trinajstić information content (AvgIpc) is 2.13. The van der Waals surface area contributed by atoms with Crippen LogP contribution >= 0.6 is 0 Å².